The van der Waals surface area contributed by atoms with Gasteiger partial charge in [-0.2, -0.15) is 5.26 Å². The van der Waals surface area contributed by atoms with Gasteiger partial charge in [0.2, 0.25) is 0 Å². The number of rotatable bonds is 5. The Bertz CT molecular complexity index is 224. The monoisotopic (exact) mass is 224 g/mol. The Balaban J connectivity index is 2.39. The molecule has 3 atom stereocenters. The Kier molecular flexibility index (Phi) is 6.44. The summed E-state index contributed by atoms with van der Waals surface area (Å²) in [5, 5.41) is 12.7. The van der Waals surface area contributed by atoms with Gasteiger partial charge < -0.3 is 10.1 Å². The summed E-state index contributed by atoms with van der Waals surface area (Å²) in [6.45, 7) is 5.65. The number of hydrogen-bond acceptors (Lipinski definition) is 3. The van der Waals surface area contributed by atoms with Crippen molar-refractivity contribution in [3.63, 3.8) is 0 Å². The van der Waals surface area contributed by atoms with Crippen LogP contribution in [0.15, 0.2) is 0 Å². The third kappa shape index (κ3) is 4.51. The fraction of sp³-hybridized carbons (Fsp3) is 0.923. The predicted octanol–water partition coefficient (Wildman–Crippen LogP) is 2.47. The Morgan fingerprint density at radius 1 is 1.38 bits per heavy atom. The second-order valence-electron chi connectivity index (χ2n) is 4.71. The first-order valence-electron chi connectivity index (χ1n) is 6.51. The molecule has 0 saturated heterocycles. The van der Waals surface area contributed by atoms with Crippen molar-refractivity contribution < 1.29 is 4.74 Å². The summed E-state index contributed by atoms with van der Waals surface area (Å²) in [6, 6.07) is 3.16. The van der Waals surface area contributed by atoms with Crippen LogP contribution in [0.2, 0.25) is 0 Å². The normalized spacial score (nSPS) is 28.1. The maximum Gasteiger partial charge on any atom is 0.0672 e. The van der Waals surface area contributed by atoms with Gasteiger partial charge in [0.1, 0.15) is 0 Å². The lowest BCUT2D eigenvalue weighted by Crippen LogP contribution is -2.42. The van der Waals surface area contributed by atoms with Crippen molar-refractivity contribution in [3.05, 3.63) is 0 Å². The van der Waals surface area contributed by atoms with Gasteiger partial charge in [-0.25, -0.2) is 0 Å². The molecule has 0 bridgehead atoms. The summed E-state index contributed by atoms with van der Waals surface area (Å²) in [5.41, 5.74) is 0. The van der Waals surface area contributed by atoms with E-state index >= 15 is 0 Å². The standard InChI is InChI=1S/C13H24N2O/c1-3-16-10-11(2)15-13-8-6-4-5-7-12(13)9-14/h11-13,15H,3-8,10H2,1-2H3. The molecule has 0 radical (unpaired) electrons. The van der Waals surface area contributed by atoms with Gasteiger partial charge >= 0.3 is 0 Å². The van der Waals surface area contributed by atoms with Crippen LogP contribution in [0.25, 0.3) is 0 Å². The highest BCUT2D eigenvalue weighted by Gasteiger charge is 2.24. The van der Waals surface area contributed by atoms with Crippen LogP contribution in [0.5, 0.6) is 0 Å². The molecular weight excluding hydrogens is 200 g/mol. The van der Waals surface area contributed by atoms with Crippen molar-refractivity contribution in [3.8, 4) is 6.07 Å². The number of nitrogens with zero attached hydrogens (tertiary/aromatic N) is 1. The van der Waals surface area contributed by atoms with Gasteiger partial charge in [-0.05, 0) is 26.7 Å². The van der Waals surface area contributed by atoms with Crippen molar-refractivity contribution >= 4 is 0 Å². The second-order valence-corrected chi connectivity index (χ2v) is 4.71. The lowest BCUT2D eigenvalue weighted by molar-refractivity contribution is 0.120. The fourth-order valence-electron chi connectivity index (χ4n) is 2.37. The molecule has 0 aromatic heterocycles. The molecule has 1 saturated carbocycles. The van der Waals surface area contributed by atoms with Crippen LogP contribution in [0.3, 0.4) is 0 Å². The lowest BCUT2D eigenvalue weighted by Gasteiger charge is -2.25. The van der Waals surface area contributed by atoms with E-state index in [2.05, 4.69) is 18.3 Å². The zero-order valence-electron chi connectivity index (χ0n) is 10.5. The Hall–Kier alpha value is -0.590. The van der Waals surface area contributed by atoms with E-state index in [1.165, 1.54) is 19.3 Å². The maximum absolute atomic E-state index is 9.15. The van der Waals surface area contributed by atoms with E-state index in [-0.39, 0.29) is 5.92 Å². The smallest absolute Gasteiger partial charge is 0.0672 e. The van der Waals surface area contributed by atoms with Gasteiger partial charge in [-0.15, -0.1) is 0 Å². The number of nitrogens with one attached hydrogen (secondary N) is 1. The molecule has 3 heteroatoms. The summed E-state index contributed by atoms with van der Waals surface area (Å²) < 4.78 is 5.39. The molecule has 1 fully saturated rings. The van der Waals surface area contributed by atoms with E-state index in [0.29, 0.717) is 12.1 Å². The molecule has 0 heterocycles. The first-order valence-corrected chi connectivity index (χ1v) is 6.51. The van der Waals surface area contributed by atoms with Gasteiger partial charge in [-0.3, -0.25) is 0 Å². The third-order valence-electron chi connectivity index (χ3n) is 3.25. The Morgan fingerprint density at radius 3 is 2.81 bits per heavy atom. The van der Waals surface area contributed by atoms with Crippen LogP contribution in [0.1, 0.15) is 46.0 Å². The van der Waals surface area contributed by atoms with E-state index in [1.54, 1.807) is 0 Å². The highest BCUT2D eigenvalue weighted by Crippen LogP contribution is 2.23. The molecule has 0 aliphatic heterocycles. The Labute approximate surface area is 99.2 Å². The van der Waals surface area contributed by atoms with Gasteiger partial charge in [0.15, 0.2) is 0 Å². The zero-order valence-corrected chi connectivity index (χ0v) is 10.5. The first kappa shape index (κ1) is 13.5. The summed E-state index contributed by atoms with van der Waals surface area (Å²) in [6.07, 6.45) is 5.91. The summed E-state index contributed by atoms with van der Waals surface area (Å²) in [7, 11) is 0. The summed E-state index contributed by atoms with van der Waals surface area (Å²) in [5.74, 6) is 0.187. The minimum atomic E-state index is 0.187. The van der Waals surface area contributed by atoms with E-state index in [9.17, 15) is 0 Å². The van der Waals surface area contributed by atoms with Crippen molar-refractivity contribution in [2.75, 3.05) is 13.2 Å². The molecule has 3 nitrogen and oxygen atoms in total. The SMILES string of the molecule is CCOCC(C)NC1CCCCCC1C#N. The fourth-order valence-corrected chi connectivity index (χ4v) is 2.37. The highest BCUT2D eigenvalue weighted by atomic mass is 16.5. The van der Waals surface area contributed by atoms with E-state index in [4.69, 9.17) is 10.00 Å². The molecule has 92 valence electrons. The second kappa shape index (κ2) is 7.65. The van der Waals surface area contributed by atoms with Crippen LogP contribution in [-0.2, 0) is 4.74 Å². The van der Waals surface area contributed by atoms with Crippen molar-refractivity contribution in [2.45, 2.75) is 58.0 Å². The van der Waals surface area contributed by atoms with Crippen LogP contribution < -0.4 is 5.32 Å². The Morgan fingerprint density at radius 2 is 2.12 bits per heavy atom. The molecule has 0 amide bonds. The maximum atomic E-state index is 9.15. The van der Waals surface area contributed by atoms with Crippen LogP contribution in [0.4, 0.5) is 0 Å². The van der Waals surface area contributed by atoms with Gasteiger partial charge in [0, 0.05) is 18.7 Å². The quantitative estimate of drug-likeness (QED) is 0.730. The molecule has 16 heavy (non-hydrogen) atoms. The van der Waals surface area contributed by atoms with Crippen molar-refractivity contribution in [1.29, 1.82) is 5.26 Å². The summed E-state index contributed by atoms with van der Waals surface area (Å²) in [4.78, 5) is 0. The topological polar surface area (TPSA) is 45.0 Å². The van der Waals surface area contributed by atoms with Gasteiger partial charge in [0.05, 0.1) is 18.6 Å². The summed E-state index contributed by atoms with van der Waals surface area (Å²) >= 11 is 0. The molecule has 0 spiro atoms. The average Bonchev–Trinajstić information content (AvgIpc) is 2.51. The molecule has 0 aromatic carbocycles. The minimum Gasteiger partial charge on any atom is -0.380 e. The largest absolute Gasteiger partial charge is 0.380 e. The molecule has 1 rings (SSSR count). The number of ether oxygens (including phenoxy) is 1. The molecule has 1 N–H and O–H groups in total. The lowest BCUT2D eigenvalue weighted by atomic mass is 9.96. The molecular formula is C13H24N2O. The van der Waals surface area contributed by atoms with Gasteiger partial charge in [0.25, 0.3) is 0 Å². The van der Waals surface area contributed by atoms with Crippen molar-refractivity contribution in [1.82, 2.24) is 5.32 Å². The van der Waals surface area contributed by atoms with Crippen LogP contribution in [0, 0.1) is 17.2 Å². The van der Waals surface area contributed by atoms with Gasteiger partial charge in [-0.1, -0.05) is 19.3 Å². The van der Waals surface area contributed by atoms with E-state index < -0.39 is 0 Å². The molecule has 0 aromatic rings. The number of nitriles is 1. The molecule has 1 aliphatic carbocycles. The van der Waals surface area contributed by atoms with Crippen LogP contribution >= 0.6 is 0 Å². The average molecular weight is 224 g/mol. The minimum absolute atomic E-state index is 0.187. The predicted molar refractivity (Wildman–Crippen MR) is 65.1 cm³/mol. The zero-order chi connectivity index (χ0) is 11.8. The van der Waals surface area contributed by atoms with E-state index in [1.807, 2.05) is 6.92 Å². The number of hydrogen-bond donors (Lipinski definition) is 1. The highest BCUT2D eigenvalue weighted by molar-refractivity contribution is 4.94. The van der Waals surface area contributed by atoms with E-state index in [0.717, 1.165) is 26.1 Å². The molecule has 3 unspecified atom stereocenters. The first-order chi connectivity index (χ1) is 7.77. The third-order valence-corrected chi connectivity index (χ3v) is 3.25. The van der Waals surface area contributed by atoms with Crippen LogP contribution in [-0.4, -0.2) is 25.3 Å². The van der Waals surface area contributed by atoms with Crippen molar-refractivity contribution in [2.24, 2.45) is 5.92 Å². The molecule has 1 aliphatic rings.